The molecule has 1 saturated heterocycles. The highest BCUT2D eigenvalue weighted by molar-refractivity contribution is 8.18. The SMILES string of the molecule is C=C1COC(C)(CCN(CC)C2=NC(=O)/C(=C(\C)C(C)CC)S2)C1=C. The topological polar surface area (TPSA) is 41.9 Å². The zero-order valence-electron chi connectivity index (χ0n) is 16.1. The third kappa shape index (κ3) is 4.09. The molecule has 5 heteroatoms. The van der Waals surface area contributed by atoms with Gasteiger partial charge in [0.15, 0.2) is 5.17 Å². The summed E-state index contributed by atoms with van der Waals surface area (Å²) in [5.74, 6) is 0.300. The molecule has 1 fully saturated rings. The standard InChI is InChI=1S/C20H30N2O2S/c1-8-13(3)15(5)17-18(23)21-19(25-17)22(9-2)11-10-20(7)16(6)14(4)12-24-20/h13H,4,6,8-12H2,1-3,5,7H3/b17-15-. The maximum absolute atomic E-state index is 12.3. The van der Waals surface area contributed by atoms with Crippen LogP contribution < -0.4 is 0 Å². The van der Waals surface area contributed by atoms with Crippen LogP contribution in [-0.4, -0.2) is 41.3 Å². The van der Waals surface area contributed by atoms with Crippen molar-refractivity contribution < 1.29 is 9.53 Å². The summed E-state index contributed by atoms with van der Waals surface area (Å²) in [7, 11) is 0. The van der Waals surface area contributed by atoms with E-state index in [1.54, 1.807) is 0 Å². The van der Waals surface area contributed by atoms with Gasteiger partial charge in [-0.25, -0.2) is 0 Å². The lowest BCUT2D eigenvalue weighted by Crippen LogP contribution is -2.35. The highest BCUT2D eigenvalue weighted by Crippen LogP contribution is 2.37. The Kier molecular flexibility index (Phi) is 6.33. The quantitative estimate of drug-likeness (QED) is 0.650. The van der Waals surface area contributed by atoms with Gasteiger partial charge in [0.1, 0.15) is 0 Å². The van der Waals surface area contributed by atoms with Crippen LogP contribution in [0.4, 0.5) is 0 Å². The summed E-state index contributed by atoms with van der Waals surface area (Å²) in [5, 5.41) is 0.802. The van der Waals surface area contributed by atoms with Crippen LogP contribution in [0.5, 0.6) is 0 Å². The Bertz CT molecular complexity index is 650. The van der Waals surface area contributed by atoms with Crippen LogP contribution in [0.1, 0.15) is 47.5 Å². The van der Waals surface area contributed by atoms with Crippen molar-refractivity contribution in [1.29, 1.82) is 0 Å². The van der Waals surface area contributed by atoms with Gasteiger partial charge in [0.05, 0.1) is 17.1 Å². The van der Waals surface area contributed by atoms with Crippen LogP contribution in [0.15, 0.2) is 39.8 Å². The monoisotopic (exact) mass is 362 g/mol. The number of rotatable bonds is 6. The molecule has 2 aliphatic heterocycles. The fourth-order valence-corrected chi connectivity index (χ4v) is 4.12. The van der Waals surface area contributed by atoms with Crippen molar-refractivity contribution in [2.75, 3.05) is 19.7 Å². The number of carbonyl (C=O) groups is 1. The van der Waals surface area contributed by atoms with Crippen LogP contribution in [0.3, 0.4) is 0 Å². The molecule has 0 N–H and O–H groups in total. The largest absolute Gasteiger partial charge is 0.366 e. The summed E-state index contributed by atoms with van der Waals surface area (Å²) in [6.07, 6.45) is 1.83. The van der Waals surface area contributed by atoms with Crippen molar-refractivity contribution in [1.82, 2.24) is 4.90 Å². The van der Waals surface area contributed by atoms with Gasteiger partial charge in [0.2, 0.25) is 0 Å². The molecule has 25 heavy (non-hydrogen) atoms. The van der Waals surface area contributed by atoms with E-state index in [0.29, 0.717) is 12.5 Å². The van der Waals surface area contributed by atoms with E-state index >= 15 is 0 Å². The van der Waals surface area contributed by atoms with Crippen LogP contribution in [0, 0.1) is 5.92 Å². The predicted molar refractivity (Wildman–Crippen MR) is 107 cm³/mol. The normalized spacial score (nSPS) is 26.9. The van der Waals surface area contributed by atoms with E-state index in [-0.39, 0.29) is 11.5 Å². The molecular weight excluding hydrogens is 332 g/mol. The average molecular weight is 363 g/mol. The lowest BCUT2D eigenvalue weighted by molar-refractivity contribution is -0.113. The Balaban J connectivity index is 2.07. The number of aliphatic imine (C=N–C) groups is 1. The van der Waals surface area contributed by atoms with Crippen molar-refractivity contribution in [3.63, 3.8) is 0 Å². The molecular formula is C20H30N2O2S. The summed E-state index contributed by atoms with van der Waals surface area (Å²) < 4.78 is 5.90. The molecule has 2 aliphatic rings. The number of nitrogens with zero attached hydrogens (tertiary/aromatic N) is 2. The molecule has 0 aliphatic carbocycles. The third-order valence-corrected chi connectivity index (χ3v) is 6.67. The molecule has 0 bridgehead atoms. The summed E-state index contributed by atoms with van der Waals surface area (Å²) in [5.41, 5.74) is 2.73. The number of hydrogen-bond donors (Lipinski definition) is 0. The van der Waals surface area contributed by atoms with Gasteiger partial charge in [-0.3, -0.25) is 4.79 Å². The molecule has 2 heterocycles. The second-order valence-electron chi connectivity index (χ2n) is 7.05. The number of allylic oxidation sites excluding steroid dienone is 1. The molecule has 0 aromatic rings. The van der Waals surface area contributed by atoms with Crippen LogP contribution >= 0.6 is 11.8 Å². The summed E-state index contributed by atoms with van der Waals surface area (Å²) in [4.78, 5) is 19.6. The van der Waals surface area contributed by atoms with Gasteiger partial charge < -0.3 is 9.64 Å². The molecule has 0 radical (unpaired) electrons. The molecule has 4 nitrogen and oxygen atoms in total. The number of amides is 1. The summed E-state index contributed by atoms with van der Waals surface area (Å²) >= 11 is 1.51. The molecule has 2 unspecified atom stereocenters. The first kappa shape index (κ1) is 20.0. The van der Waals surface area contributed by atoms with Gasteiger partial charge in [-0.05, 0) is 62.4 Å². The van der Waals surface area contributed by atoms with E-state index in [4.69, 9.17) is 4.74 Å². The Morgan fingerprint density at radius 3 is 2.64 bits per heavy atom. The summed E-state index contributed by atoms with van der Waals surface area (Å²) in [6, 6.07) is 0. The van der Waals surface area contributed by atoms with Gasteiger partial charge >= 0.3 is 0 Å². The second kappa shape index (κ2) is 7.92. The number of hydrogen-bond acceptors (Lipinski definition) is 4. The van der Waals surface area contributed by atoms with E-state index in [1.165, 1.54) is 11.8 Å². The van der Waals surface area contributed by atoms with Gasteiger partial charge in [-0.1, -0.05) is 32.6 Å². The Morgan fingerprint density at radius 1 is 1.44 bits per heavy atom. The van der Waals surface area contributed by atoms with E-state index in [2.05, 4.69) is 50.7 Å². The molecule has 0 aromatic carbocycles. The second-order valence-corrected chi connectivity index (χ2v) is 8.03. The highest BCUT2D eigenvalue weighted by Gasteiger charge is 2.37. The molecule has 0 saturated carbocycles. The molecule has 138 valence electrons. The van der Waals surface area contributed by atoms with Gasteiger partial charge in [-0.2, -0.15) is 4.99 Å². The van der Waals surface area contributed by atoms with Crippen molar-refractivity contribution in [3.8, 4) is 0 Å². The van der Waals surface area contributed by atoms with Crippen molar-refractivity contribution in [2.24, 2.45) is 10.9 Å². The maximum Gasteiger partial charge on any atom is 0.286 e. The third-order valence-electron chi connectivity index (χ3n) is 5.44. The average Bonchev–Trinajstić information content (AvgIpc) is 3.10. The van der Waals surface area contributed by atoms with Crippen molar-refractivity contribution >= 4 is 22.8 Å². The van der Waals surface area contributed by atoms with E-state index in [0.717, 1.165) is 52.7 Å². The maximum atomic E-state index is 12.3. The van der Waals surface area contributed by atoms with Gasteiger partial charge in [0, 0.05) is 13.1 Å². The fraction of sp³-hybridized carbons (Fsp3) is 0.600. The molecule has 2 atom stereocenters. The first-order chi connectivity index (χ1) is 11.7. The smallest absolute Gasteiger partial charge is 0.286 e. The highest BCUT2D eigenvalue weighted by atomic mass is 32.2. The minimum Gasteiger partial charge on any atom is -0.366 e. The first-order valence-corrected chi connectivity index (χ1v) is 9.83. The first-order valence-electron chi connectivity index (χ1n) is 9.01. The fourth-order valence-electron chi connectivity index (χ4n) is 2.96. The Labute approximate surface area is 156 Å². The molecule has 1 amide bonds. The molecule has 0 aromatic heterocycles. The Hall–Kier alpha value is -1.33. The van der Waals surface area contributed by atoms with E-state index < -0.39 is 0 Å². The zero-order chi connectivity index (χ0) is 18.8. The lowest BCUT2D eigenvalue weighted by atomic mass is 9.91. The minimum absolute atomic E-state index is 0.0997. The van der Waals surface area contributed by atoms with Gasteiger partial charge in [0.25, 0.3) is 5.91 Å². The number of ether oxygens (including phenoxy) is 1. The van der Waals surface area contributed by atoms with Crippen LogP contribution in [0.2, 0.25) is 0 Å². The van der Waals surface area contributed by atoms with E-state index in [1.807, 2.05) is 6.92 Å². The molecule has 2 rings (SSSR count). The minimum atomic E-state index is -0.371. The molecule has 0 spiro atoms. The Morgan fingerprint density at radius 2 is 2.12 bits per heavy atom. The zero-order valence-corrected chi connectivity index (χ0v) is 17.0. The van der Waals surface area contributed by atoms with Gasteiger partial charge in [-0.15, -0.1) is 0 Å². The lowest BCUT2D eigenvalue weighted by Gasteiger charge is -2.29. The van der Waals surface area contributed by atoms with E-state index in [9.17, 15) is 4.79 Å². The summed E-state index contributed by atoms with van der Waals surface area (Å²) in [6.45, 7) is 20.7. The number of thioether (sulfide) groups is 1. The number of amidine groups is 1. The predicted octanol–water partition coefficient (Wildman–Crippen LogP) is 4.55. The number of carbonyl (C=O) groups excluding carboxylic acids is 1. The van der Waals surface area contributed by atoms with Crippen molar-refractivity contribution in [2.45, 2.75) is 53.1 Å². The van der Waals surface area contributed by atoms with Crippen LogP contribution in [0.25, 0.3) is 0 Å². The van der Waals surface area contributed by atoms with Crippen molar-refractivity contribution in [3.05, 3.63) is 34.8 Å². The van der Waals surface area contributed by atoms with Crippen LogP contribution in [-0.2, 0) is 9.53 Å².